The van der Waals surface area contributed by atoms with Crippen molar-refractivity contribution >= 4 is 17.9 Å². The number of carbonyl (C=O) groups excluding carboxylic acids is 3. The van der Waals surface area contributed by atoms with Crippen molar-refractivity contribution in [2.75, 3.05) is 13.2 Å². The molecule has 0 aromatic heterocycles. The van der Waals surface area contributed by atoms with E-state index in [0.29, 0.717) is 12.8 Å². The number of esters is 3. The van der Waals surface area contributed by atoms with Crippen molar-refractivity contribution < 1.29 is 28.6 Å². The minimum Gasteiger partial charge on any atom is -0.462 e. The zero-order valence-corrected chi connectivity index (χ0v) is 46.6. The number of allylic oxidation sites excluding steroid dienone is 26. The van der Waals surface area contributed by atoms with E-state index in [-0.39, 0.29) is 50.4 Å². The predicted molar refractivity (Wildman–Crippen MR) is 315 cm³/mol. The summed E-state index contributed by atoms with van der Waals surface area (Å²) in [6.45, 7) is 6.26. The Bertz CT molecular complexity index is 1670. The van der Waals surface area contributed by atoms with Gasteiger partial charge < -0.3 is 14.2 Å². The average Bonchev–Trinajstić information content (AvgIpc) is 3.39. The lowest BCUT2D eigenvalue weighted by atomic mass is 10.1. The fourth-order valence-corrected chi connectivity index (χ4v) is 7.24. The van der Waals surface area contributed by atoms with Crippen LogP contribution in [0.25, 0.3) is 0 Å². The molecule has 0 fully saturated rings. The molecule has 0 aromatic rings. The van der Waals surface area contributed by atoms with Crippen molar-refractivity contribution in [3.63, 3.8) is 0 Å². The lowest BCUT2D eigenvalue weighted by molar-refractivity contribution is -0.166. The van der Waals surface area contributed by atoms with Gasteiger partial charge in [0.25, 0.3) is 0 Å². The highest BCUT2D eigenvalue weighted by molar-refractivity contribution is 5.71. The van der Waals surface area contributed by atoms with Crippen molar-refractivity contribution in [3.8, 4) is 0 Å². The van der Waals surface area contributed by atoms with E-state index >= 15 is 0 Å². The molecule has 73 heavy (non-hydrogen) atoms. The molecule has 0 rings (SSSR count). The fraction of sp³-hybridized carbons (Fsp3) is 0.567. The molecule has 0 aliphatic heterocycles. The highest BCUT2D eigenvalue weighted by Gasteiger charge is 2.19. The largest absolute Gasteiger partial charge is 0.462 e. The summed E-state index contributed by atoms with van der Waals surface area (Å²) >= 11 is 0. The molecular weight excluding hydrogens is 901 g/mol. The summed E-state index contributed by atoms with van der Waals surface area (Å²) in [6, 6.07) is 0. The van der Waals surface area contributed by atoms with Crippen LogP contribution in [0.1, 0.15) is 226 Å². The van der Waals surface area contributed by atoms with Crippen LogP contribution in [0.15, 0.2) is 158 Å². The maximum absolute atomic E-state index is 12.9. The molecule has 0 amide bonds. The van der Waals surface area contributed by atoms with E-state index < -0.39 is 6.10 Å². The van der Waals surface area contributed by atoms with Gasteiger partial charge in [0.1, 0.15) is 13.2 Å². The molecule has 0 aliphatic rings. The van der Waals surface area contributed by atoms with Crippen LogP contribution in [-0.4, -0.2) is 37.2 Å². The second kappa shape index (κ2) is 59.6. The second-order valence-electron chi connectivity index (χ2n) is 18.4. The van der Waals surface area contributed by atoms with Gasteiger partial charge in [-0.25, -0.2) is 0 Å². The lowest BCUT2D eigenvalue weighted by Gasteiger charge is -2.18. The van der Waals surface area contributed by atoms with Crippen molar-refractivity contribution in [2.24, 2.45) is 0 Å². The molecule has 1 atom stereocenters. The van der Waals surface area contributed by atoms with Crippen LogP contribution >= 0.6 is 0 Å². The molecule has 0 saturated carbocycles. The third-order valence-corrected chi connectivity index (χ3v) is 11.5. The van der Waals surface area contributed by atoms with Gasteiger partial charge in [-0.2, -0.15) is 0 Å². The first-order valence-electron chi connectivity index (χ1n) is 29.0. The van der Waals surface area contributed by atoms with Crippen molar-refractivity contribution in [2.45, 2.75) is 232 Å². The van der Waals surface area contributed by atoms with Crippen LogP contribution in [0.4, 0.5) is 0 Å². The van der Waals surface area contributed by atoms with E-state index in [9.17, 15) is 14.4 Å². The molecule has 0 radical (unpaired) electrons. The summed E-state index contributed by atoms with van der Waals surface area (Å²) < 4.78 is 16.7. The van der Waals surface area contributed by atoms with Crippen LogP contribution in [0, 0.1) is 0 Å². The van der Waals surface area contributed by atoms with Crippen LogP contribution in [0.2, 0.25) is 0 Å². The van der Waals surface area contributed by atoms with Gasteiger partial charge in [-0.05, 0) is 128 Å². The number of rotatable bonds is 50. The van der Waals surface area contributed by atoms with Gasteiger partial charge in [0, 0.05) is 19.3 Å². The molecule has 6 nitrogen and oxygen atoms in total. The van der Waals surface area contributed by atoms with E-state index in [0.717, 1.165) is 103 Å². The molecular formula is C67H104O6. The normalized spacial score (nSPS) is 13.3. The first-order chi connectivity index (χ1) is 36.0. The predicted octanol–water partition coefficient (Wildman–Crippen LogP) is 19.8. The molecule has 1 unspecified atom stereocenters. The molecule has 0 bridgehead atoms. The van der Waals surface area contributed by atoms with E-state index in [2.05, 4.69) is 167 Å². The summed E-state index contributed by atoms with van der Waals surface area (Å²) in [5.41, 5.74) is 0. The highest BCUT2D eigenvalue weighted by atomic mass is 16.6. The van der Waals surface area contributed by atoms with Crippen molar-refractivity contribution in [1.29, 1.82) is 0 Å². The summed E-state index contributed by atoms with van der Waals surface area (Å²) in [4.78, 5) is 38.2. The molecule has 0 spiro atoms. The Kier molecular flexibility index (Phi) is 55.5. The molecule has 0 N–H and O–H groups in total. The van der Waals surface area contributed by atoms with Gasteiger partial charge in [-0.1, -0.05) is 237 Å². The first-order valence-corrected chi connectivity index (χ1v) is 29.0. The summed E-state index contributed by atoms with van der Waals surface area (Å²) in [5, 5.41) is 0. The van der Waals surface area contributed by atoms with Crippen LogP contribution < -0.4 is 0 Å². The Morgan fingerprint density at radius 2 is 0.575 bits per heavy atom. The Balaban J connectivity index is 4.61. The fourth-order valence-electron chi connectivity index (χ4n) is 7.24. The number of ether oxygens (including phenoxy) is 3. The van der Waals surface area contributed by atoms with Gasteiger partial charge >= 0.3 is 17.9 Å². The lowest BCUT2D eigenvalue weighted by Crippen LogP contribution is -2.30. The molecule has 0 aromatic carbocycles. The molecule has 0 aliphatic carbocycles. The topological polar surface area (TPSA) is 78.9 Å². The minimum atomic E-state index is -0.843. The Morgan fingerprint density at radius 1 is 0.288 bits per heavy atom. The maximum Gasteiger partial charge on any atom is 0.306 e. The smallest absolute Gasteiger partial charge is 0.306 e. The number of unbranched alkanes of at least 4 members (excludes halogenated alkanes) is 13. The van der Waals surface area contributed by atoms with Crippen LogP contribution in [0.3, 0.4) is 0 Å². The summed E-state index contributed by atoms with van der Waals surface area (Å²) in [5.74, 6) is -1.09. The van der Waals surface area contributed by atoms with E-state index in [4.69, 9.17) is 14.2 Å². The third-order valence-electron chi connectivity index (χ3n) is 11.5. The van der Waals surface area contributed by atoms with Crippen molar-refractivity contribution in [3.05, 3.63) is 158 Å². The Labute approximate surface area is 448 Å². The SMILES string of the molecule is CC/C=C\C/C=C\C/C=C\C/C=C\C/C=C\C/C=C\CCC(=O)OCC(COC(=O)CCC/C=C\C/C=C\C/C=C\C/C=C\C/C=C\CC)OC(=O)CCCCCCCCCCC/C=C\C/C=C\CCCCC. The number of hydrogen-bond donors (Lipinski definition) is 0. The van der Waals surface area contributed by atoms with E-state index in [1.807, 2.05) is 12.2 Å². The second-order valence-corrected chi connectivity index (χ2v) is 18.4. The Morgan fingerprint density at radius 3 is 0.959 bits per heavy atom. The quantitative estimate of drug-likeness (QED) is 0.0261. The minimum absolute atomic E-state index is 0.139. The van der Waals surface area contributed by atoms with Crippen LogP contribution in [-0.2, 0) is 28.6 Å². The zero-order chi connectivity index (χ0) is 52.9. The number of hydrogen-bond acceptors (Lipinski definition) is 6. The van der Waals surface area contributed by atoms with Crippen molar-refractivity contribution in [1.82, 2.24) is 0 Å². The van der Waals surface area contributed by atoms with E-state index in [1.54, 1.807) is 0 Å². The maximum atomic E-state index is 12.9. The van der Waals surface area contributed by atoms with Gasteiger partial charge in [-0.3, -0.25) is 14.4 Å². The van der Waals surface area contributed by atoms with Gasteiger partial charge in [0.05, 0.1) is 0 Å². The average molecular weight is 1010 g/mol. The standard InChI is InChI=1S/C67H104O6/c1-4-7-10-13-16-19-22-25-28-31-33-36-39-42-45-48-51-54-57-60-66(69)72-63-64(62-71-65(68)59-56-53-50-47-44-41-38-35-30-27-24-21-18-15-12-9-6-3)73-67(70)61-58-55-52-49-46-43-40-37-34-32-29-26-23-20-17-14-11-8-5-2/h7,9-10,12,16-21,25-30,33,36,38,41-42,45,47,50-51,54,64H,4-6,8,11,13-15,22-24,31-32,34-35,37,39-40,43-44,46,48-49,52-53,55-63H2,1-3H3/b10-7-,12-9-,19-16-,20-17-,21-18-,28-25-,29-26-,30-27-,36-33-,41-38-,45-42-,50-47-,54-51-. The monoisotopic (exact) mass is 1000 g/mol. The first kappa shape index (κ1) is 68.0. The molecule has 408 valence electrons. The molecule has 0 saturated heterocycles. The van der Waals surface area contributed by atoms with Gasteiger partial charge in [0.2, 0.25) is 0 Å². The van der Waals surface area contributed by atoms with E-state index in [1.165, 1.54) is 70.6 Å². The summed E-state index contributed by atoms with van der Waals surface area (Å²) in [6.07, 6.45) is 86.8. The highest BCUT2D eigenvalue weighted by Crippen LogP contribution is 2.13. The number of carbonyl (C=O) groups is 3. The Hall–Kier alpha value is -4.97. The molecule has 0 heterocycles. The van der Waals surface area contributed by atoms with Gasteiger partial charge in [-0.15, -0.1) is 0 Å². The summed E-state index contributed by atoms with van der Waals surface area (Å²) in [7, 11) is 0. The molecule has 6 heteroatoms. The van der Waals surface area contributed by atoms with Gasteiger partial charge in [0.15, 0.2) is 6.10 Å². The zero-order valence-electron chi connectivity index (χ0n) is 46.6. The third kappa shape index (κ3) is 57.8. The van der Waals surface area contributed by atoms with Crippen LogP contribution in [0.5, 0.6) is 0 Å².